The number of hydrogen-bond acceptors (Lipinski definition) is 5. The molecule has 2 rings (SSSR count). The van der Waals surface area contributed by atoms with Crippen LogP contribution >= 0.6 is 22.9 Å². The first-order valence-electron chi connectivity index (χ1n) is 5.91. The summed E-state index contributed by atoms with van der Waals surface area (Å²) in [5.41, 5.74) is 7.10. The summed E-state index contributed by atoms with van der Waals surface area (Å²) in [4.78, 5) is 0.886. The Morgan fingerprint density at radius 3 is 2.25 bits per heavy atom. The van der Waals surface area contributed by atoms with Crippen molar-refractivity contribution in [2.75, 3.05) is 21.3 Å². The second kappa shape index (κ2) is 6.35. The monoisotopic (exact) mass is 313 g/mol. The summed E-state index contributed by atoms with van der Waals surface area (Å²) in [6, 6.07) is 5.12. The van der Waals surface area contributed by atoms with Crippen molar-refractivity contribution < 1.29 is 14.2 Å². The van der Waals surface area contributed by atoms with Gasteiger partial charge < -0.3 is 19.9 Å². The molecule has 0 fully saturated rings. The van der Waals surface area contributed by atoms with E-state index in [4.69, 9.17) is 31.5 Å². The Hall–Kier alpha value is -1.43. The molecule has 1 atom stereocenters. The first kappa shape index (κ1) is 15.0. The Kier molecular flexibility index (Phi) is 4.75. The lowest BCUT2D eigenvalue weighted by Gasteiger charge is -2.19. The van der Waals surface area contributed by atoms with Crippen molar-refractivity contribution in [1.29, 1.82) is 0 Å². The van der Waals surface area contributed by atoms with Crippen LogP contribution in [0, 0.1) is 0 Å². The summed E-state index contributed by atoms with van der Waals surface area (Å²) < 4.78 is 16.1. The van der Waals surface area contributed by atoms with Gasteiger partial charge in [0.2, 0.25) is 5.75 Å². The van der Waals surface area contributed by atoms with Gasteiger partial charge in [-0.3, -0.25) is 0 Å². The third-order valence-electron chi connectivity index (χ3n) is 3.00. The molecule has 2 aromatic rings. The zero-order valence-electron chi connectivity index (χ0n) is 11.5. The van der Waals surface area contributed by atoms with E-state index in [2.05, 4.69) is 0 Å². The topological polar surface area (TPSA) is 53.7 Å². The minimum absolute atomic E-state index is 0.378. The Labute approximate surface area is 127 Å². The average Bonchev–Trinajstić information content (AvgIpc) is 2.90. The lowest BCUT2D eigenvalue weighted by molar-refractivity contribution is 0.321. The Morgan fingerprint density at radius 2 is 1.75 bits per heavy atom. The molecule has 0 aliphatic carbocycles. The zero-order valence-corrected chi connectivity index (χ0v) is 13.0. The molecule has 0 spiro atoms. The summed E-state index contributed by atoms with van der Waals surface area (Å²) in [6.45, 7) is 0. The van der Waals surface area contributed by atoms with Gasteiger partial charge in [-0.1, -0.05) is 11.6 Å². The van der Waals surface area contributed by atoms with E-state index in [9.17, 15) is 0 Å². The van der Waals surface area contributed by atoms with E-state index in [1.165, 1.54) is 11.3 Å². The van der Waals surface area contributed by atoms with Crippen LogP contribution in [0.25, 0.3) is 0 Å². The van der Waals surface area contributed by atoms with Crippen LogP contribution in [0.3, 0.4) is 0 Å². The van der Waals surface area contributed by atoms with Crippen molar-refractivity contribution >= 4 is 22.9 Å². The van der Waals surface area contributed by atoms with Crippen molar-refractivity contribution in [2.45, 2.75) is 6.04 Å². The maximum absolute atomic E-state index is 6.30. The van der Waals surface area contributed by atoms with Crippen LogP contribution in [0.1, 0.15) is 16.5 Å². The normalized spacial score (nSPS) is 12.1. The SMILES string of the molecule is COc1ccc(C(N)c2sccc2Cl)c(OC)c1OC. The van der Waals surface area contributed by atoms with Crippen LogP contribution in [0.2, 0.25) is 5.02 Å². The summed E-state index contributed by atoms with van der Waals surface area (Å²) in [7, 11) is 4.71. The van der Waals surface area contributed by atoms with Crippen molar-refractivity contribution in [2.24, 2.45) is 5.73 Å². The third-order valence-corrected chi connectivity index (χ3v) is 4.44. The van der Waals surface area contributed by atoms with Gasteiger partial charge in [0.25, 0.3) is 0 Å². The minimum atomic E-state index is -0.378. The van der Waals surface area contributed by atoms with Crippen LogP contribution < -0.4 is 19.9 Å². The van der Waals surface area contributed by atoms with Crippen LogP contribution in [-0.4, -0.2) is 21.3 Å². The number of hydrogen-bond donors (Lipinski definition) is 1. The van der Waals surface area contributed by atoms with Gasteiger partial charge in [0.05, 0.1) is 32.4 Å². The molecule has 1 unspecified atom stereocenters. The van der Waals surface area contributed by atoms with Gasteiger partial charge in [-0.25, -0.2) is 0 Å². The van der Waals surface area contributed by atoms with E-state index < -0.39 is 0 Å². The lowest BCUT2D eigenvalue weighted by atomic mass is 10.0. The van der Waals surface area contributed by atoms with E-state index in [-0.39, 0.29) is 6.04 Å². The van der Waals surface area contributed by atoms with Gasteiger partial charge in [0.1, 0.15) is 0 Å². The third kappa shape index (κ3) is 2.57. The molecule has 0 bridgehead atoms. The van der Waals surface area contributed by atoms with E-state index in [0.717, 1.165) is 10.4 Å². The van der Waals surface area contributed by atoms with E-state index >= 15 is 0 Å². The highest BCUT2D eigenvalue weighted by Crippen LogP contribution is 2.44. The second-order valence-electron chi connectivity index (χ2n) is 4.03. The summed E-state index contributed by atoms with van der Waals surface area (Å²) >= 11 is 7.66. The van der Waals surface area contributed by atoms with Crippen molar-refractivity contribution in [3.05, 3.63) is 39.0 Å². The van der Waals surface area contributed by atoms with Gasteiger partial charge in [0.15, 0.2) is 11.5 Å². The number of methoxy groups -OCH3 is 3. The molecule has 1 aromatic carbocycles. The first-order chi connectivity index (χ1) is 9.63. The molecule has 1 heterocycles. The molecular weight excluding hydrogens is 298 g/mol. The van der Waals surface area contributed by atoms with E-state index in [1.807, 2.05) is 17.5 Å². The molecule has 0 amide bonds. The van der Waals surface area contributed by atoms with Crippen molar-refractivity contribution in [1.82, 2.24) is 0 Å². The molecule has 0 saturated carbocycles. The molecule has 1 aromatic heterocycles. The highest BCUT2D eigenvalue weighted by Gasteiger charge is 2.23. The van der Waals surface area contributed by atoms with E-state index in [0.29, 0.717) is 22.3 Å². The number of rotatable bonds is 5. The van der Waals surface area contributed by atoms with Gasteiger partial charge in [-0.05, 0) is 23.6 Å². The average molecular weight is 314 g/mol. The van der Waals surface area contributed by atoms with Gasteiger partial charge in [-0.15, -0.1) is 11.3 Å². The van der Waals surface area contributed by atoms with Gasteiger partial charge in [0, 0.05) is 10.4 Å². The summed E-state index contributed by atoms with van der Waals surface area (Å²) in [5, 5.41) is 2.56. The van der Waals surface area contributed by atoms with Crippen LogP contribution in [0.15, 0.2) is 23.6 Å². The molecule has 0 aliphatic heterocycles. The quantitative estimate of drug-likeness (QED) is 0.918. The number of nitrogens with two attached hydrogens (primary N) is 1. The Bertz CT molecular complexity index is 600. The highest BCUT2D eigenvalue weighted by molar-refractivity contribution is 7.10. The van der Waals surface area contributed by atoms with Gasteiger partial charge >= 0.3 is 0 Å². The standard InChI is InChI=1S/C14H16ClNO3S/c1-17-10-5-4-8(12(18-2)13(10)19-3)11(16)14-9(15)6-7-20-14/h4-7,11H,16H2,1-3H3. The molecule has 2 N–H and O–H groups in total. The largest absolute Gasteiger partial charge is 0.493 e. The number of benzene rings is 1. The molecule has 0 saturated heterocycles. The van der Waals surface area contributed by atoms with Crippen molar-refractivity contribution in [3.63, 3.8) is 0 Å². The molecule has 6 heteroatoms. The molecular formula is C14H16ClNO3S. The fourth-order valence-electron chi connectivity index (χ4n) is 2.04. The van der Waals surface area contributed by atoms with Gasteiger partial charge in [-0.2, -0.15) is 0 Å². The minimum Gasteiger partial charge on any atom is -0.493 e. The Morgan fingerprint density at radius 1 is 1.05 bits per heavy atom. The Balaban J connectivity index is 2.54. The summed E-state index contributed by atoms with van der Waals surface area (Å²) in [5.74, 6) is 1.68. The first-order valence-corrected chi connectivity index (χ1v) is 7.17. The zero-order chi connectivity index (χ0) is 14.7. The fourth-order valence-corrected chi connectivity index (χ4v) is 3.23. The number of halogens is 1. The molecule has 108 valence electrons. The second-order valence-corrected chi connectivity index (χ2v) is 5.39. The van der Waals surface area contributed by atoms with Crippen LogP contribution in [0.5, 0.6) is 17.2 Å². The maximum atomic E-state index is 6.30. The molecule has 0 aliphatic rings. The molecule has 20 heavy (non-hydrogen) atoms. The number of ether oxygens (including phenoxy) is 3. The summed E-state index contributed by atoms with van der Waals surface area (Å²) in [6.07, 6.45) is 0. The predicted molar refractivity (Wildman–Crippen MR) is 81.5 cm³/mol. The van der Waals surface area contributed by atoms with Crippen molar-refractivity contribution in [3.8, 4) is 17.2 Å². The van der Waals surface area contributed by atoms with Crippen LogP contribution in [0.4, 0.5) is 0 Å². The smallest absolute Gasteiger partial charge is 0.203 e. The lowest BCUT2D eigenvalue weighted by Crippen LogP contribution is -2.13. The fraction of sp³-hybridized carbons (Fsp3) is 0.286. The predicted octanol–water partition coefficient (Wildman–Crippen LogP) is 3.48. The number of thiophene rings is 1. The molecule has 0 radical (unpaired) electrons. The highest BCUT2D eigenvalue weighted by atomic mass is 35.5. The van der Waals surface area contributed by atoms with Crippen LogP contribution in [-0.2, 0) is 0 Å². The molecule has 4 nitrogen and oxygen atoms in total. The van der Waals surface area contributed by atoms with E-state index in [1.54, 1.807) is 27.4 Å². The maximum Gasteiger partial charge on any atom is 0.203 e.